The predicted octanol–water partition coefficient (Wildman–Crippen LogP) is 3.95. The summed E-state index contributed by atoms with van der Waals surface area (Å²) in [4.78, 5) is 24.4. The molecule has 0 aliphatic heterocycles. The molecule has 0 saturated heterocycles. The summed E-state index contributed by atoms with van der Waals surface area (Å²) in [6.45, 7) is 7.98. The van der Waals surface area contributed by atoms with Gasteiger partial charge >= 0.3 is 0 Å². The molecule has 2 rings (SSSR count). The number of rotatable bonds is 7. The highest BCUT2D eigenvalue weighted by molar-refractivity contribution is 6.73. The van der Waals surface area contributed by atoms with Crippen molar-refractivity contribution in [2.24, 2.45) is 5.92 Å². The number of hydrogen-bond donors (Lipinski definition) is 0. The molecule has 1 aromatic carbocycles. The van der Waals surface area contributed by atoms with Crippen molar-refractivity contribution >= 4 is 19.9 Å². The lowest BCUT2D eigenvalue weighted by atomic mass is 9.65. The van der Waals surface area contributed by atoms with Crippen molar-refractivity contribution in [1.82, 2.24) is 0 Å². The molecule has 1 aliphatic carbocycles. The third-order valence-electron chi connectivity index (χ3n) is 5.20. The average molecular weight is 318 g/mol. The summed E-state index contributed by atoms with van der Waals surface area (Å²) in [5.74, 6) is -0.698. The second-order valence-electron chi connectivity index (χ2n) is 6.21. The van der Waals surface area contributed by atoms with Crippen LogP contribution in [0.25, 0.3) is 0 Å². The fraction of sp³-hybridized carbons (Fsp3) is 0.556. The lowest BCUT2D eigenvalue weighted by molar-refractivity contribution is -0.150. The van der Waals surface area contributed by atoms with Crippen molar-refractivity contribution in [3.63, 3.8) is 0 Å². The van der Waals surface area contributed by atoms with E-state index < -0.39 is 20.3 Å². The fourth-order valence-corrected chi connectivity index (χ4v) is 6.29. The van der Waals surface area contributed by atoms with Crippen LogP contribution in [0.4, 0.5) is 0 Å². The topological polar surface area (TPSA) is 43.4 Å². The maximum absolute atomic E-state index is 12.5. The number of ketones is 2. The Morgan fingerprint density at radius 3 is 2.09 bits per heavy atom. The van der Waals surface area contributed by atoms with E-state index in [9.17, 15) is 9.59 Å². The smallest absolute Gasteiger partial charge is 0.193 e. The molecule has 3 nitrogen and oxygen atoms in total. The summed E-state index contributed by atoms with van der Waals surface area (Å²) in [6.07, 6.45) is -0.428. The molecule has 3 unspecified atom stereocenters. The van der Waals surface area contributed by atoms with E-state index in [0.29, 0.717) is 0 Å². The van der Waals surface area contributed by atoms with Gasteiger partial charge in [0, 0.05) is 5.92 Å². The van der Waals surface area contributed by atoms with Gasteiger partial charge in [-0.05, 0) is 30.6 Å². The molecule has 0 heterocycles. The van der Waals surface area contributed by atoms with E-state index in [1.807, 2.05) is 30.3 Å². The van der Waals surface area contributed by atoms with Crippen LogP contribution in [0.5, 0.6) is 0 Å². The van der Waals surface area contributed by atoms with Gasteiger partial charge in [0.25, 0.3) is 0 Å². The molecule has 0 spiro atoms. The number of Topliss-reactive ketones (excluding diaryl/α,β-unsaturated/α-hetero) is 2. The molecule has 4 heteroatoms. The molecule has 0 N–H and O–H groups in total. The van der Waals surface area contributed by atoms with Crippen molar-refractivity contribution in [3.05, 3.63) is 35.9 Å². The van der Waals surface area contributed by atoms with Crippen LogP contribution in [0.3, 0.4) is 0 Å². The van der Waals surface area contributed by atoms with Crippen molar-refractivity contribution in [3.8, 4) is 0 Å². The normalized spacial score (nSPS) is 24.9. The van der Waals surface area contributed by atoms with Crippen LogP contribution in [0.1, 0.15) is 39.2 Å². The number of hydrogen-bond acceptors (Lipinski definition) is 3. The summed E-state index contributed by atoms with van der Waals surface area (Å²) < 4.78 is 6.42. The van der Waals surface area contributed by atoms with E-state index >= 15 is 0 Å². The lowest BCUT2D eigenvalue weighted by Gasteiger charge is -2.46. The molecule has 1 aliphatic rings. The minimum atomic E-state index is -1.86. The van der Waals surface area contributed by atoms with Gasteiger partial charge < -0.3 is 4.43 Å². The van der Waals surface area contributed by atoms with Crippen LogP contribution in [-0.4, -0.2) is 26.0 Å². The zero-order valence-electron chi connectivity index (χ0n) is 14.0. The zero-order valence-corrected chi connectivity index (χ0v) is 15.0. The van der Waals surface area contributed by atoms with Gasteiger partial charge in [0.15, 0.2) is 14.1 Å². The van der Waals surface area contributed by atoms with Gasteiger partial charge in [-0.2, -0.15) is 0 Å². The van der Waals surface area contributed by atoms with E-state index in [1.54, 1.807) is 0 Å². The van der Waals surface area contributed by atoms with Crippen LogP contribution in [-0.2, 0) is 14.0 Å². The predicted molar refractivity (Wildman–Crippen MR) is 90.4 cm³/mol. The molecular weight excluding hydrogens is 292 g/mol. The van der Waals surface area contributed by atoms with E-state index in [4.69, 9.17) is 4.43 Å². The third-order valence-corrected chi connectivity index (χ3v) is 9.82. The maximum Gasteiger partial charge on any atom is 0.193 e. The van der Waals surface area contributed by atoms with E-state index in [0.717, 1.165) is 23.7 Å². The van der Waals surface area contributed by atoms with Crippen molar-refractivity contribution in [2.45, 2.75) is 57.8 Å². The number of benzene rings is 1. The Balaban J connectivity index is 2.30. The maximum atomic E-state index is 12.5. The summed E-state index contributed by atoms with van der Waals surface area (Å²) in [5.41, 5.74) is 1.04. The van der Waals surface area contributed by atoms with Crippen LogP contribution in [0.2, 0.25) is 18.1 Å². The largest absolute Gasteiger partial charge is 0.406 e. The molecule has 120 valence electrons. The lowest BCUT2D eigenvalue weighted by Crippen LogP contribution is -2.58. The Labute approximate surface area is 134 Å². The third kappa shape index (κ3) is 2.95. The van der Waals surface area contributed by atoms with E-state index in [2.05, 4.69) is 20.8 Å². The molecule has 0 bridgehead atoms. The highest BCUT2D eigenvalue weighted by Crippen LogP contribution is 2.44. The van der Waals surface area contributed by atoms with Gasteiger partial charge in [0.1, 0.15) is 11.9 Å². The van der Waals surface area contributed by atoms with Gasteiger partial charge in [0.05, 0.1) is 5.92 Å². The van der Waals surface area contributed by atoms with Gasteiger partial charge in [-0.25, -0.2) is 0 Å². The second kappa shape index (κ2) is 6.88. The second-order valence-corrected chi connectivity index (χ2v) is 10.9. The first-order chi connectivity index (χ1) is 10.5. The van der Waals surface area contributed by atoms with Crippen LogP contribution in [0, 0.1) is 5.92 Å². The van der Waals surface area contributed by atoms with Crippen molar-refractivity contribution < 1.29 is 14.0 Å². The Kier molecular flexibility index (Phi) is 5.35. The van der Waals surface area contributed by atoms with Crippen molar-refractivity contribution in [1.29, 1.82) is 0 Å². The fourth-order valence-electron chi connectivity index (χ4n) is 3.48. The standard InChI is InChI=1S/C18H26O3Si/c1-5-22(6-2,7-3)21-18-16(14-11-9-8-10-12-14)15(13(4)19)17(18)20/h8-12,15-16,18H,5-7H2,1-4H3. The number of carbonyl (C=O) groups is 2. The summed E-state index contributed by atoms with van der Waals surface area (Å²) in [5, 5.41) is 0. The Morgan fingerprint density at radius 2 is 1.64 bits per heavy atom. The van der Waals surface area contributed by atoms with Crippen LogP contribution in [0.15, 0.2) is 30.3 Å². The molecular formula is C18H26O3Si. The Bertz CT molecular complexity index is 528. The highest BCUT2D eigenvalue weighted by Gasteiger charge is 2.55. The first-order valence-electron chi connectivity index (χ1n) is 8.26. The average Bonchev–Trinajstić information content (AvgIpc) is 2.54. The van der Waals surface area contributed by atoms with Crippen molar-refractivity contribution in [2.75, 3.05) is 0 Å². The molecule has 0 amide bonds. The Hall–Kier alpha value is -1.26. The summed E-state index contributed by atoms with van der Waals surface area (Å²) in [7, 11) is -1.86. The first-order valence-corrected chi connectivity index (χ1v) is 10.8. The van der Waals surface area contributed by atoms with Crippen LogP contribution < -0.4 is 0 Å². The molecule has 1 saturated carbocycles. The van der Waals surface area contributed by atoms with E-state index in [-0.39, 0.29) is 17.5 Å². The quantitative estimate of drug-likeness (QED) is 0.565. The van der Waals surface area contributed by atoms with Gasteiger partial charge in [0.2, 0.25) is 0 Å². The zero-order chi connectivity index (χ0) is 16.3. The molecule has 22 heavy (non-hydrogen) atoms. The Morgan fingerprint density at radius 1 is 1.09 bits per heavy atom. The molecule has 1 fully saturated rings. The minimum absolute atomic E-state index is 0.0198. The van der Waals surface area contributed by atoms with Gasteiger partial charge in [-0.1, -0.05) is 51.1 Å². The molecule has 0 radical (unpaired) electrons. The first kappa shape index (κ1) is 17.1. The minimum Gasteiger partial charge on any atom is -0.406 e. The van der Waals surface area contributed by atoms with Gasteiger partial charge in [-0.3, -0.25) is 9.59 Å². The highest BCUT2D eigenvalue weighted by atomic mass is 28.4. The SMILES string of the molecule is CC[Si](CC)(CC)OC1C(=O)C(C(C)=O)C1c1ccccc1. The summed E-state index contributed by atoms with van der Waals surface area (Å²) >= 11 is 0. The molecule has 1 aromatic rings. The monoisotopic (exact) mass is 318 g/mol. The van der Waals surface area contributed by atoms with Gasteiger partial charge in [-0.15, -0.1) is 0 Å². The number of carbonyl (C=O) groups excluding carboxylic acids is 2. The van der Waals surface area contributed by atoms with Crippen LogP contribution >= 0.6 is 0 Å². The van der Waals surface area contributed by atoms with E-state index in [1.165, 1.54) is 6.92 Å². The molecule has 0 aromatic heterocycles. The summed E-state index contributed by atoms with van der Waals surface area (Å²) in [6, 6.07) is 12.9. The molecule has 3 atom stereocenters.